The van der Waals surface area contributed by atoms with Crippen molar-refractivity contribution in [3.05, 3.63) is 52.2 Å². The summed E-state index contributed by atoms with van der Waals surface area (Å²) in [5.74, 6) is 0. The molecule has 3 rings (SSSR count). The first-order valence-electron chi connectivity index (χ1n) is 9.40. The molecule has 1 saturated carbocycles. The summed E-state index contributed by atoms with van der Waals surface area (Å²) in [6.07, 6.45) is 6.96. The highest BCUT2D eigenvalue weighted by Crippen LogP contribution is 2.32. The zero-order valence-electron chi connectivity index (χ0n) is 15.2. The number of hydrogen-bond donors (Lipinski definition) is 1. The van der Waals surface area contributed by atoms with Crippen molar-refractivity contribution in [2.45, 2.75) is 64.5 Å². The van der Waals surface area contributed by atoms with Gasteiger partial charge in [-0.2, -0.15) is 0 Å². The van der Waals surface area contributed by atoms with Crippen molar-refractivity contribution in [1.29, 1.82) is 0 Å². The minimum atomic E-state index is 0.0250. The Balaban J connectivity index is 1.78. The summed E-state index contributed by atoms with van der Waals surface area (Å²) in [6.45, 7) is 4.29. The second-order valence-corrected chi connectivity index (χ2v) is 7.85. The van der Waals surface area contributed by atoms with Gasteiger partial charge in [0.25, 0.3) is 0 Å². The fourth-order valence-electron chi connectivity index (χ4n) is 3.70. The number of urea groups is 1. The van der Waals surface area contributed by atoms with Crippen molar-refractivity contribution in [3.8, 4) is 0 Å². The van der Waals surface area contributed by atoms with Gasteiger partial charge in [0.05, 0.1) is 6.04 Å². The molecule has 1 N–H and O–H groups in total. The van der Waals surface area contributed by atoms with Gasteiger partial charge >= 0.3 is 6.03 Å². The Morgan fingerprint density at radius 3 is 2.52 bits per heavy atom. The van der Waals surface area contributed by atoms with E-state index in [0.717, 1.165) is 24.9 Å². The molecule has 4 heteroatoms. The SMILES string of the molecule is CCc1ccc(NC(=O)N(C2CCCCC2)C(C)c2cccs2)cc1. The van der Waals surface area contributed by atoms with Gasteiger partial charge in [-0.3, -0.25) is 0 Å². The molecular formula is C21H28N2OS. The number of thiophene rings is 1. The van der Waals surface area contributed by atoms with Crippen molar-refractivity contribution in [2.24, 2.45) is 0 Å². The molecule has 1 atom stereocenters. The van der Waals surface area contributed by atoms with Crippen LogP contribution in [0, 0.1) is 0 Å². The molecular weight excluding hydrogens is 328 g/mol. The number of nitrogens with zero attached hydrogens (tertiary/aromatic N) is 1. The quantitative estimate of drug-likeness (QED) is 0.676. The first-order chi connectivity index (χ1) is 12.2. The number of hydrogen-bond acceptors (Lipinski definition) is 2. The maximum absolute atomic E-state index is 13.1. The minimum absolute atomic E-state index is 0.0250. The van der Waals surface area contributed by atoms with E-state index in [1.807, 2.05) is 12.1 Å². The summed E-state index contributed by atoms with van der Waals surface area (Å²) in [6, 6.07) is 12.9. The van der Waals surface area contributed by atoms with E-state index >= 15 is 0 Å². The molecule has 1 aliphatic rings. The normalized spacial score (nSPS) is 16.4. The molecule has 2 amide bonds. The average molecular weight is 357 g/mol. The molecule has 1 unspecified atom stereocenters. The Morgan fingerprint density at radius 2 is 1.92 bits per heavy atom. The zero-order chi connectivity index (χ0) is 17.6. The fourth-order valence-corrected chi connectivity index (χ4v) is 4.48. The van der Waals surface area contributed by atoms with Gasteiger partial charge in [0, 0.05) is 16.6 Å². The highest BCUT2D eigenvalue weighted by atomic mass is 32.1. The molecule has 0 bridgehead atoms. The number of nitrogens with one attached hydrogen (secondary N) is 1. The first-order valence-corrected chi connectivity index (χ1v) is 10.3. The van der Waals surface area contributed by atoms with Gasteiger partial charge in [-0.1, -0.05) is 44.4 Å². The molecule has 1 aromatic heterocycles. The molecule has 0 aliphatic heterocycles. The fraction of sp³-hybridized carbons (Fsp3) is 0.476. The Labute approximate surface area is 155 Å². The van der Waals surface area contributed by atoms with E-state index in [2.05, 4.69) is 53.7 Å². The molecule has 0 radical (unpaired) electrons. The lowest BCUT2D eigenvalue weighted by Crippen LogP contribution is -2.45. The van der Waals surface area contributed by atoms with E-state index < -0.39 is 0 Å². The topological polar surface area (TPSA) is 32.3 Å². The largest absolute Gasteiger partial charge is 0.322 e. The smallest absolute Gasteiger partial charge is 0.314 e. The Morgan fingerprint density at radius 1 is 1.20 bits per heavy atom. The standard InChI is InChI=1S/C21H28N2OS/c1-3-17-11-13-18(14-12-17)22-21(24)23(19-8-5-4-6-9-19)16(2)20-10-7-15-25-20/h7,10-16,19H,3-6,8-9H2,1-2H3,(H,22,24). The number of carbonyl (C=O) groups excluding carboxylic acids is 1. The van der Waals surface area contributed by atoms with Gasteiger partial charge in [0.1, 0.15) is 0 Å². The van der Waals surface area contributed by atoms with Crippen molar-refractivity contribution in [1.82, 2.24) is 4.90 Å². The van der Waals surface area contributed by atoms with Crippen LogP contribution in [0.15, 0.2) is 41.8 Å². The van der Waals surface area contributed by atoms with Crippen LogP contribution < -0.4 is 5.32 Å². The van der Waals surface area contributed by atoms with Gasteiger partial charge in [0.15, 0.2) is 0 Å². The lowest BCUT2D eigenvalue weighted by Gasteiger charge is -2.38. The van der Waals surface area contributed by atoms with E-state index in [1.165, 1.54) is 29.7 Å². The first kappa shape index (κ1) is 18.0. The predicted octanol–water partition coefficient (Wildman–Crippen LogP) is 6.24. The average Bonchev–Trinajstić information content (AvgIpc) is 3.18. The van der Waals surface area contributed by atoms with Crippen molar-refractivity contribution < 1.29 is 4.79 Å². The number of amides is 2. The molecule has 1 fully saturated rings. The molecule has 1 aromatic carbocycles. The second kappa shape index (κ2) is 8.52. The van der Waals surface area contributed by atoms with Crippen LogP contribution in [0.5, 0.6) is 0 Å². The van der Waals surface area contributed by atoms with Crippen LogP contribution in [0.4, 0.5) is 10.5 Å². The van der Waals surface area contributed by atoms with E-state index in [1.54, 1.807) is 11.3 Å². The van der Waals surface area contributed by atoms with Crippen LogP contribution in [-0.4, -0.2) is 17.0 Å². The Hall–Kier alpha value is -1.81. The number of anilines is 1. The summed E-state index contributed by atoms with van der Waals surface area (Å²) in [5.41, 5.74) is 2.16. The zero-order valence-corrected chi connectivity index (χ0v) is 16.0. The molecule has 25 heavy (non-hydrogen) atoms. The molecule has 0 saturated heterocycles. The summed E-state index contributed by atoms with van der Waals surface area (Å²) in [5, 5.41) is 5.21. The third-order valence-electron chi connectivity index (χ3n) is 5.19. The number of benzene rings is 1. The molecule has 1 aliphatic carbocycles. The van der Waals surface area contributed by atoms with Gasteiger partial charge in [-0.15, -0.1) is 11.3 Å². The predicted molar refractivity (Wildman–Crippen MR) is 106 cm³/mol. The highest BCUT2D eigenvalue weighted by Gasteiger charge is 2.30. The second-order valence-electron chi connectivity index (χ2n) is 6.87. The van der Waals surface area contributed by atoms with E-state index in [-0.39, 0.29) is 12.1 Å². The number of rotatable bonds is 5. The molecule has 0 spiro atoms. The van der Waals surface area contributed by atoms with Gasteiger partial charge < -0.3 is 10.2 Å². The van der Waals surface area contributed by atoms with Gasteiger partial charge in [-0.25, -0.2) is 4.79 Å². The molecule has 3 nitrogen and oxygen atoms in total. The van der Waals surface area contributed by atoms with Crippen LogP contribution in [0.3, 0.4) is 0 Å². The van der Waals surface area contributed by atoms with Crippen LogP contribution in [0.2, 0.25) is 0 Å². The van der Waals surface area contributed by atoms with Gasteiger partial charge in [0.2, 0.25) is 0 Å². The summed E-state index contributed by atoms with van der Waals surface area (Å²) >= 11 is 1.73. The monoisotopic (exact) mass is 356 g/mol. The number of aryl methyl sites for hydroxylation is 1. The Kier molecular flexibility index (Phi) is 6.14. The third-order valence-corrected chi connectivity index (χ3v) is 6.23. The van der Waals surface area contributed by atoms with Crippen LogP contribution in [-0.2, 0) is 6.42 Å². The van der Waals surface area contributed by atoms with Crippen molar-refractivity contribution in [2.75, 3.05) is 5.32 Å². The summed E-state index contributed by atoms with van der Waals surface area (Å²) in [7, 11) is 0. The van der Waals surface area contributed by atoms with Crippen molar-refractivity contribution >= 4 is 23.1 Å². The van der Waals surface area contributed by atoms with Crippen LogP contribution in [0.25, 0.3) is 0 Å². The highest BCUT2D eigenvalue weighted by molar-refractivity contribution is 7.10. The van der Waals surface area contributed by atoms with E-state index in [0.29, 0.717) is 6.04 Å². The molecule has 134 valence electrons. The van der Waals surface area contributed by atoms with Crippen LogP contribution >= 0.6 is 11.3 Å². The van der Waals surface area contributed by atoms with Crippen molar-refractivity contribution in [3.63, 3.8) is 0 Å². The maximum Gasteiger partial charge on any atom is 0.322 e. The maximum atomic E-state index is 13.1. The molecule has 1 heterocycles. The third kappa shape index (κ3) is 4.43. The summed E-state index contributed by atoms with van der Waals surface area (Å²) < 4.78 is 0. The van der Waals surface area contributed by atoms with Gasteiger partial charge in [-0.05, 0) is 55.3 Å². The molecule has 2 aromatic rings. The van der Waals surface area contributed by atoms with E-state index in [9.17, 15) is 4.79 Å². The lowest BCUT2D eigenvalue weighted by molar-refractivity contribution is 0.140. The summed E-state index contributed by atoms with van der Waals surface area (Å²) in [4.78, 5) is 16.5. The number of carbonyl (C=O) groups is 1. The van der Waals surface area contributed by atoms with E-state index in [4.69, 9.17) is 0 Å². The van der Waals surface area contributed by atoms with Crippen LogP contribution in [0.1, 0.15) is 62.4 Å². The lowest BCUT2D eigenvalue weighted by atomic mass is 9.93. The minimum Gasteiger partial charge on any atom is -0.314 e. The Bertz CT molecular complexity index is 660.